The molecule has 0 spiro atoms. The van der Waals surface area contributed by atoms with Crippen molar-refractivity contribution in [2.24, 2.45) is 0 Å². The number of aromatic hydroxyl groups is 1. The van der Waals surface area contributed by atoms with Crippen LogP contribution in [0.2, 0.25) is 0 Å². The van der Waals surface area contributed by atoms with Crippen LogP contribution in [0.3, 0.4) is 0 Å². The van der Waals surface area contributed by atoms with E-state index < -0.39 is 0 Å². The molecule has 2 N–H and O–H groups in total. The second-order valence-corrected chi connectivity index (χ2v) is 5.21. The minimum Gasteiger partial charge on any atom is -0.508 e. The van der Waals surface area contributed by atoms with Gasteiger partial charge >= 0.3 is 0 Å². The summed E-state index contributed by atoms with van der Waals surface area (Å²) in [4.78, 5) is 4.50. The summed E-state index contributed by atoms with van der Waals surface area (Å²) in [5.74, 6) is 0.336. The Morgan fingerprint density at radius 1 is 1.00 bits per heavy atom. The van der Waals surface area contributed by atoms with E-state index in [0.29, 0.717) is 12.3 Å². The molecule has 3 aromatic rings. The number of phenols is 1. The predicted molar refractivity (Wildman–Crippen MR) is 85.1 cm³/mol. The van der Waals surface area contributed by atoms with Crippen LogP contribution in [0.5, 0.6) is 5.75 Å². The zero-order valence-electron chi connectivity index (χ0n) is 12.0. The van der Waals surface area contributed by atoms with Crippen molar-refractivity contribution in [2.75, 3.05) is 0 Å². The van der Waals surface area contributed by atoms with Gasteiger partial charge in [-0.25, -0.2) is 0 Å². The summed E-state index contributed by atoms with van der Waals surface area (Å²) < 4.78 is 0. The summed E-state index contributed by atoms with van der Waals surface area (Å²) in [6, 6.07) is 17.8. The highest BCUT2D eigenvalue weighted by Gasteiger charge is 2.01. The van der Waals surface area contributed by atoms with E-state index in [1.807, 2.05) is 31.2 Å². The summed E-state index contributed by atoms with van der Waals surface area (Å²) in [5, 5.41) is 14.2. The van der Waals surface area contributed by atoms with Crippen molar-refractivity contribution >= 4 is 10.9 Å². The Morgan fingerprint density at radius 2 is 1.86 bits per heavy atom. The average Bonchev–Trinajstić information content (AvgIpc) is 2.49. The molecule has 21 heavy (non-hydrogen) atoms. The number of benzene rings is 2. The minimum absolute atomic E-state index is 0.336. The lowest BCUT2D eigenvalue weighted by Gasteiger charge is -2.08. The molecule has 0 amide bonds. The maximum Gasteiger partial charge on any atom is 0.120 e. The number of nitrogens with zero attached hydrogens (tertiary/aromatic N) is 1. The molecule has 0 saturated carbocycles. The van der Waals surface area contributed by atoms with Gasteiger partial charge in [-0.3, -0.25) is 4.98 Å². The highest BCUT2D eigenvalue weighted by Crippen LogP contribution is 2.17. The fourth-order valence-electron chi connectivity index (χ4n) is 2.39. The molecule has 3 rings (SSSR count). The van der Waals surface area contributed by atoms with E-state index in [1.54, 1.807) is 6.07 Å². The van der Waals surface area contributed by atoms with Gasteiger partial charge in [0.15, 0.2) is 0 Å². The topological polar surface area (TPSA) is 45.1 Å². The number of fused-ring (bicyclic) bond motifs is 1. The summed E-state index contributed by atoms with van der Waals surface area (Å²) in [6.07, 6.45) is 0. The van der Waals surface area contributed by atoms with E-state index in [4.69, 9.17) is 0 Å². The normalized spacial score (nSPS) is 10.9. The Morgan fingerprint density at radius 3 is 2.71 bits per heavy atom. The Bertz CT molecular complexity index is 768. The molecular formula is C18H18N2O. The summed E-state index contributed by atoms with van der Waals surface area (Å²) in [7, 11) is 0. The molecule has 0 aliphatic heterocycles. The SMILES string of the molecule is Cc1ccc2cc(CNCc3ccccc3O)ccc2n1. The van der Waals surface area contributed by atoms with Gasteiger partial charge in [0, 0.05) is 29.7 Å². The van der Waals surface area contributed by atoms with Crippen LogP contribution in [0.4, 0.5) is 0 Å². The lowest BCUT2D eigenvalue weighted by atomic mass is 10.1. The zero-order valence-corrected chi connectivity index (χ0v) is 12.0. The van der Waals surface area contributed by atoms with Crippen molar-refractivity contribution in [3.8, 4) is 5.75 Å². The number of phenolic OH excluding ortho intramolecular Hbond substituents is 1. The monoisotopic (exact) mass is 278 g/mol. The lowest BCUT2D eigenvalue weighted by Crippen LogP contribution is -2.12. The Kier molecular flexibility index (Phi) is 3.84. The van der Waals surface area contributed by atoms with Crippen molar-refractivity contribution in [2.45, 2.75) is 20.0 Å². The third-order valence-electron chi connectivity index (χ3n) is 3.53. The van der Waals surface area contributed by atoms with E-state index in [1.165, 1.54) is 5.56 Å². The van der Waals surface area contributed by atoms with Gasteiger partial charge in [-0.05, 0) is 36.8 Å². The van der Waals surface area contributed by atoms with Crippen LogP contribution in [0.25, 0.3) is 10.9 Å². The highest BCUT2D eigenvalue weighted by atomic mass is 16.3. The molecule has 0 bridgehead atoms. The van der Waals surface area contributed by atoms with Gasteiger partial charge in [0.25, 0.3) is 0 Å². The minimum atomic E-state index is 0.336. The fraction of sp³-hybridized carbons (Fsp3) is 0.167. The molecule has 0 radical (unpaired) electrons. The first-order valence-electron chi connectivity index (χ1n) is 7.06. The fourth-order valence-corrected chi connectivity index (χ4v) is 2.39. The highest BCUT2D eigenvalue weighted by molar-refractivity contribution is 5.79. The molecule has 1 heterocycles. The molecule has 2 aromatic carbocycles. The molecule has 0 aliphatic carbocycles. The van der Waals surface area contributed by atoms with Gasteiger partial charge in [0.2, 0.25) is 0 Å². The number of hydrogen-bond acceptors (Lipinski definition) is 3. The van der Waals surface area contributed by atoms with Crippen molar-refractivity contribution < 1.29 is 5.11 Å². The molecule has 3 heteroatoms. The van der Waals surface area contributed by atoms with Crippen LogP contribution in [-0.4, -0.2) is 10.1 Å². The predicted octanol–water partition coefficient (Wildman–Crippen LogP) is 3.54. The maximum atomic E-state index is 9.73. The first-order valence-corrected chi connectivity index (χ1v) is 7.06. The summed E-state index contributed by atoms with van der Waals surface area (Å²) in [5.41, 5.74) is 4.19. The second-order valence-electron chi connectivity index (χ2n) is 5.21. The number of nitrogens with one attached hydrogen (secondary N) is 1. The smallest absolute Gasteiger partial charge is 0.120 e. The van der Waals surface area contributed by atoms with E-state index in [9.17, 15) is 5.11 Å². The van der Waals surface area contributed by atoms with Crippen LogP contribution in [0.15, 0.2) is 54.6 Å². The van der Waals surface area contributed by atoms with E-state index >= 15 is 0 Å². The van der Waals surface area contributed by atoms with Gasteiger partial charge < -0.3 is 10.4 Å². The van der Waals surface area contributed by atoms with E-state index in [0.717, 1.165) is 28.7 Å². The first kappa shape index (κ1) is 13.6. The standard InChI is InChI=1S/C18H18N2O/c1-13-6-8-15-10-14(7-9-17(15)20-13)11-19-12-16-4-2-3-5-18(16)21/h2-10,19,21H,11-12H2,1H3. The molecule has 0 saturated heterocycles. The molecular weight excluding hydrogens is 260 g/mol. The van der Waals surface area contributed by atoms with Crippen molar-refractivity contribution in [3.63, 3.8) is 0 Å². The van der Waals surface area contributed by atoms with Crippen molar-refractivity contribution in [3.05, 3.63) is 71.4 Å². The van der Waals surface area contributed by atoms with Gasteiger partial charge in [-0.1, -0.05) is 30.3 Å². The molecule has 3 nitrogen and oxygen atoms in total. The third-order valence-corrected chi connectivity index (χ3v) is 3.53. The van der Waals surface area contributed by atoms with Crippen LogP contribution < -0.4 is 5.32 Å². The van der Waals surface area contributed by atoms with Crippen LogP contribution >= 0.6 is 0 Å². The van der Waals surface area contributed by atoms with Gasteiger partial charge in [-0.2, -0.15) is 0 Å². The quantitative estimate of drug-likeness (QED) is 0.767. The molecule has 1 aromatic heterocycles. The van der Waals surface area contributed by atoms with Gasteiger partial charge in [-0.15, -0.1) is 0 Å². The molecule has 0 fully saturated rings. The molecule has 0 unspecified atom stereocenters. The number of aromatic nitrogens is 1. The van der Waals surface area contributed by atoms with Gasteiger partial charge in [0.05, 0.1) is 5.52 Å². The largest absolute Gasteiger partial charge is 0.508 e. The molecule has 0 aliphatic rings. The Labute approximate surface area is 124 Å². The summed E-state index contributed by atoms with van der Waals surface area (Å²) >= 11 is 0. The Balaban J connectivity index is 1.68. The number of aryl methyl sites for hydroxylation is 1. The van der Waals surface area contributed by atoms with Crippen molar-refractivity contribution in [1.82, 2.24) is 10.3 Å². The molecule has 0 atom stereocenters. The third kappa shape index (κ3) is 3.20. The number of para-hydroxylation sites is 1. The zero-order chi connectivity index (χ0) is 14.7. The van der Waals surface area contributed by atoms with Crippen LogP contribution in [0.1, 0.15) is 16.8 Å². The number of rotatable bonds is 4. The van der Waals surface area contributed by atoms with Crippen LogP contribution in [-0.2, 0) is 13.1 Å². The van der Waals surface area contributed by atoms with E-state index in [-0.39, 0.29) is 0 Å². The average molecular weight is 278 g/mol. The number of pyridine rings is 1. The first-order chi connectivity index (χ1) is 10.2. The second kappa shape index (κ2) is 5.94. The lowest BCUT2D eigenvalue weighted by molar-refractivity contribution is 0.464. The maximum absolute atomic E-state index is 9.73. The van der Waals surface area contributed by atoms with Crippen molar-refractivity contribution in [1.29, 1.82) is 0 Å². The molecule has 106 valence electrons. The van der Waals surface area contributed by atoms with Crippen LogP contribution in [0, 0.1) is 6.92 Å². The summed E-state index contributed by atoms with van der Waals surface area (Å²) in [6.45, 7) is 3.41. The Hall–Kier alpha value is -2.39. The number of hydrogen-bond donors (Lipinski definition) is 2. The van der Waals surface area contributed by atoms with E-state index in [2.05, 4.69) is 34.6 Å². The van der Waals surface area contributed by atoms with Gasteiger partial charge in [0.1, 0.15) is 5.75 Å².